The number of amides is 1. The SMILES string of the molecule is CCCC1CC1Nc1ccc(N)c(C(N)=O)c1. The van der Waals surface area contributed by atoms with Crippen LogP contribution in [0.2, 0.25) is 0 Å². The molecule has 0 heterocycles. The zero-order valence-electron chi connectivity index (χ0n) is 10.1. The van der Waals surface area contributed by atoms with E-state index < -0.39 is 5.91 Å². The van der Waals surface area contributed by atoms with Gasteiger partial charge in [-0.15, -0.1) is 0 Å². The smallest absolute Gasteiger partial charge is 0.250 e. The van der Waals surface area contributed by atoms with Crippen molar-refractivity contribution in [3.63, 3.8) is 0 Å². The van der Waals surface area contributed by atoms with E-state index in [-0.39, 0.29) is 0 Å². The largest absolute Gasteiger partial charge is 0.398 e. The minimum Gasteiger partial charge on any atom is -0.398 e. The van der Waals surface area contributed by atoms with Crippen LogP contribution in [-0.4, -0.2) is 11.9 Å². The van der Waals surface area contributed by atoms with Gasteiger partial charge in [0.05, 0.1) is 5.56 Å². The summed E-state index contributed by atoms with van der Waals surface area (Å²) in [5.41, 5.74) is 12.7. The van der Waals surface area contributed by atoms with Crippen LogP contribution in [0.5, 0.6) is 0 Å². The number of rotatable bonds is 5. The third-order valence-corrected chi connectivity index (χ3v) is 3.25. The second-order valence-corrected chi connectivity index (χ2v) is 4.70. The Labute approximate surface area is 101 Å². The Kier molecular flexibility index (Phi) is 3.22. The van der Waals surface area contributed by atoms with Gasteiger partial charge in [0, 0.05) is 17.4 Å². The molecule has 1 aliphatic carbocycles. The van der Waals surface area contributed by atoms with Gasteiger partial charge in [0.15, 0.2) is 0 Å². The number of hydrogen-bond acceptors (Lipinski definition) is 3. The fourth-order valence-electron chi connectivity index (χ4n) is 2.19. The summed E-state index contributed by atoms with van der Waals surface area (Å²) in [6.07, 6.45) is 3.69. The Bertz CT molecular complexity index is 431. The number of nitrogens with one attached hydrogen (secondary N) is 1. The van der Waals surface area contributed by atoms with E-state index in [4.69, 9.17) is 11.5 Å². The van der Waals surface area contributed by atoms with Crippen molar-refractivity contribution in [2.24, 2.45) is 11.7 Å². The third-order valence-electron chi connectivity index (χ3n) is 3.25. The van der Waals surface area contributed by atoms with Gasteiger partial charge in [0.1, 0.15) is 0 Å². The van der Waals surface area contributed by atoms with Crippen molar-refractivity contribution in [3.8, 4) is 0 Å². The van der Waals surface area contributed by atoms with Crippen molar-refractivity contribution < 1.29 is 4.79 Å². The van der Waals surface area contributed by atoms with E-state index >= 15 is 0 Å². The van der Waals surface area contributed by atoms with E-state index in [0.29, 0.717) is 17.3 Å². The first-order valence-electron chi connectivity index (χ1n) is 6.07. The first kappa shape index (κ1) is 11.8. The lowest BCUT2D eigenvalue weighted by atomic mass is 10.1. The molecule has 1 fully saturated rings. The van der Waals surface area contributed by atoms with Gasteiger partial charge in [-0.05, 0) is 37.0 Å². The second-order valence-electron chi connectivity index (χ2n) is 4.70. The summed E-state index contributed by atoms with van der Waals surface area (Å²) in [6.45, 7) is 2.20. The second kappa shape index (κ2) is 4.65. The highest BCUT2D eigenvalue weighted by atomic mass is 16.1. The molecule has 0 bridgehead atoms. The number of anilines is 2. The van der Waals surface area contributed by atoms with Gasteiger partial charge in [0.2, 0.25) is 0 Å². The average Bonchev–Trinajstić information content (AvgIpc) is 2.99. The number of nitrogens with two attached hydrogens (primary N) is 2. The van der Waals surface area contributed by atoms with Crippen LogP contribution < -0.4 is 16.8 Å². The van der Waals surface area contributed by atoms with Crippen LogP contribution >= 0.6 is 0 Å². The van der Waals surface area contributed by atoms with Gasteiger partial charge < -0.3 is 16.8 Å². The molecule has 1 amide bonds. The molecule has 1 aliphatic rings. The molecule has 92 valence electrons. The van der Waals surface area contributed by atoms with Gasteiger partial charge in [-0.2, -0.15) is 0 Å². The number of nitrogen functional groups attached to an aromatic ring is 1. The molecule has 1 saturated carbocycles. The summed E-state index contributed by atoms with van der Waals surface area (Å²) in [6, 6.07) is 5.89. The summed E-state index contributed by atoms with van der Waals surface area (Å²) in [5, 5.41) is 3.41. The molecule has 0 radical (unpaired) electrons. The van der Waals surface area contributed by atoms with E-state index in [2.05, 4.69) is 12.2 Å². The lowest BCUT2D eigenvalue weighted by molar-refractivity contribution is 0.100. The minimum atomic E-state index is -0.480. The maximum absolute atomic E-state index is 11.2. The van der Waals surface area contributed by atoms with Crippen molar-refractivity contribution in [1.29, 1.82) is 0 Å². The van der Waals surface area contributed by atoms with Gasteiger partial charge in [0.25, 0.3) is 5.91 Å². The van der Waals surface area contributed by atoms with E-state index in [1.165, 1.54) is 19.3 Å². The number of carbonyl (C=O) groups is 1. The third kappa shape index (κ3) is 2.70. The molecular weight excluding hydrogens is 214 g/mol. The highest BCUT2D eigenvalue weighted by Gasteiger charge is 2.35. The van der Waals surface area contributed by atoms with Crippen LogP contribution in [0.25, 0.3) is 0 Å². The highest BCUT2D eigenvalue weighted by Crippen LogP contribution is 2.37. The topological polar surface area (TPSA) is 81.1 Å². The molecule has 2 rings (SSSR count). The van der Waals surface area contributed by atoms with Crippen LogP contribution in [0.1, 0.15) is 36.5 Å². The highest BCUT2D eigenvalue weighted by molar-refractivity contribution is 5.98. The molecule has 1 aromatic carbocycles. The molecule has 2 atom stereocenters. The predicted octanol–water partition coefficient (Wildman–Crippen LogP) is 1.97. The molecule has 5 N–H and O–H groups in total. The fraction of sp³-hybridized carbons (Fsp3) is 0.462. The molecule has 2 unspecified atom stereocenters. The first-order valence-corrected chi connectivity index (χ1v) is 6.07. The van der Waals surface area contributed by atoms with Crippen LogP contribution in [0.3, 0.4) is 0 Å². The van der Waals surface area contributed by atoms with Crippen LogP contribution in [0.4, 0.5) is 11.4 Å². The van der Waals surface area contributed by atoms with Crippen molar-refractivity contribution in [2.75, 3.05) is 11.1 Å². The van der Waals surface area contributed by atoms with Crippen LogP contribution in [0, 0.1) is 5.92 Å². The summed E-state index contributed by atoms with van der Waals surface area (Å²) in [5.74, 6) is 0.293. The zero-order chi connectivity index (χ0) is 12.4. The summed E-state index contributed by atoms with van der Waals surface area (Å²) in [4.78, 5) is 11.2. The number of carbonyl (C=O) groups excluding carboxylic acids is 1. The first-order chi connectivity index (χ1) is 8.11. The van der Waals surface area contributed by atoms with Gasteiger partial charge in [-0.1, -0.05) is 13.3 Å². The number of benzene rings is 1. The molecule has 0 spiro atoms. The minimum absolute atomic E-state index is 0.391. The Hall–Kier alpha value is -1.71. The van der Waals surface area contributed by atoms with E-state index in [1.807, 2.05) is 6.07 Å². The summed E-state index contributed by atoms with van der Waals surface area (Å²) < 4.78 is 0. The summed E-state index contributed by atoms with van der Waals surface area (Å²) >= 11 is 0. The van der Waals surface area contributed by atoms with Crippen molar-refractivity contribution >= 4 is 17.3 Å². The van der Waals surface area contributed by atoms with Crippen LogP contribution in [-0.2, 0) is 0 Å². The molecular formula is C13H19N3O. The quantitative estimate of drug-likeness (QED) is 0.680. The Balaban J connectivity index is 2.03. The molecule has 1 aromatic rings. The molecule has 0 aliphatic heterocycles. The molecule has 0 aromatic heterocycles. The van der Waals surface area contributed by atoms with E-state index in [1.54, 1.807) is 12.1 Å². The lowest BCUT2D eigenvalue weighted by Crippen LogP contribution is -2.14. The lowest BCUT2D eigenvalue weighted by Gasteiger charge is -2.08. The Morgan fingerprint density at radius 2 is 2.29 bits per heavy atom. The molecule has 4 heteroatoms. The van der Waals surface area contributed by atoms with E-state index in [9.17, 15) is 4.79 Å². The van der Waals surface area contributed by atoms with E-state index in [0.717, 1.165) is 11.6 Å². The van der Waals surface area contributed by atoms with Crippen LogP contribution in [0.15, 0.2) is 18.2 Å². The fourth-order valence-corrected chi connectivity index (χ4v) is 2.19. The molecule has 17 heavy (non-hydrogen) atoms. The van der Waals surface area contributed by atoms with Crippen molar-refractivity contribution in [3.05, 3.63) is 23.8 Å². The molecule has 4 nitrogen and oxygen atoms in total. The van der Waals surface area contributed by atoms with Crippen molar-refractivity contribution in [2.45, 2.75) is 32.2 Å². The Morgan fingerprint density at radius 1 is 1.53 bits per heavy atom. The van der Waals surface area contributed by atoms with Gasteiger partial charge in [-0.3, -0.25) is 4.79 Å². The maximum Gasteiger partial charge on any atom is 0.250 e. The monoisotopic (exact) mass is 233 g/mol. The average molecular weight is 233 g/mol. The van der Waals surface area contributed by atoms with Crippen molar-refractivity contribution in [1.82, 2.24) is 0 Å². The molecule has 0 saturated heterocycles. The summed E-state index contributed by atoms with van der Waals surface area (Å²) in [7, 11) is 0. The standard InChI is InChI=1S/C13H19N3O/c1-2-3-8-6-12(8)16-9-4-5-11(14)10(7-9)13(15)17/h4-5,7-8,12,16H,2-3,6,14H2,1H3,(H2,15,17). The number of hydrogen-bond donors (Lipinski definition) is 3. The van der Waals surface area contributed by atoms with Gasteiger partial charge >= 0.3 is 0 Å². The normalized spacial score (nSPS) is 22.2. The predicted molar refractivity (Wildman–Crippen MR) is 69.8 cm³/mol. The Morgan fingerprint density at radius 3 is 2.94 bits per heavy atom. The zero-order valence-corrected chi connectivity index (χ0v) is 10.1. The maximum atomic E-state index is 11.2. The number of primary amides is 1. The van der Waals surface area contributed by atoms with Gasteiger partial charge in [-0.25, -0.2) is 0 Å².